The molecule has 0 aromatic carbocycles. The van der Waals surface area contributed by atoms with E-state index in [2.05, 4.69) is 32.7 Å². The summed E-state index contributed by atoms with van der Waals surface area (Å²) < 4.78 is 0. The quantitative estimate of drug-likeness (QED) is 0.683. The molecule has 1 fully saturated rings. The van der Waals surface area contributed by atoms with Crippen LogP contribution in [0.5, 0.6) is 0 Å². The van der Waals surface area contributed by atoms with Crippen LogP contribution in [0.25, 0.3) is 0 Å². The SMILES string of the molecule is CN(CCC(=O)N1CCC1)C(C)(C)C. The molecule has 1 aliphatic heterocycles. The molecule has 0 spiro atoms. The van der Waals surface area contributed by atoms with Crippen molar-refractivity contribution in [1.82, 2.24) is 9.80 Å². The van der Waals surface area contributed by atoms with Gasteiger partial charge in [0.2, 0.25) is 5.91 Å². The number of rotatable bonds is 3. The lowest BCUT2D eigenvalue weighted by atomic mass is 10.1. The minimum Gasteiger partial charge on any atom is -0.343 e. The number of hydrogen-bond acceptors (Lipinski definition) is 2. The van der Waals surface area contributed by atoms with Crippen LogP contribution in [0, 0.1) is 0 Å². The summed E-state index contributed by atoms with van der Waals surface area (Å²) in [6.45, 7) is 9.30. The summed E-state index contributed by atoms with van der Waals surface area (Å²) in [6, 6.07) is 0. The molecule has 1 heterocycles. The Bertz CT molecular complexity index is 204. The van der Waals surface area contributed by atoms with Crippen molar-refractivity contribution in [3.8, 4) is 0 Å². The molecule has 3 nitrogen and oxygen atoms in total. The van der Waals surface area contributed by atoms with E-state index in [-0.39, 0.29) is 5.54 Å². The van der Waals surface area contributed by atoms with Gasteiger partial charge >= 0.3 is 0 Å². The lowest BCUT2D eigenvalue weighted by Gasteiger charge is -2.34. The van der Waals surface area contributed by atoms with Crippen molar-refractivity contribution in [2.45, 2.75) is 39.2 Å². The maximum Gasteiger partial charge on any atom is 0.223 e. The molecule has 14 heavy (non-hydrogen) atoms. The van der Waals surface area contributed by atoms with Gasteiger partial charge in [0.05, 0.1) is 0 Å². The van der Waals surface area contributed by atoms with Gasteiger partial charge in [-0.2, -0.15) is 0 Å². The molecule has 0 saturated carbocycles. The van der Waals surface area contributed by atoms with E-state index >= 15 is 0 Å². The predicted octanol–water partition coefficient (Wildman–Crippen LogP) is 1.34. The second-order valence-electron chi connectivity index (χ2n) is 5.08. The summed E-state index contributed by atoms with van der Waals surface area (Å²) in [7, 11) is 2.07. The second kappa shape index (κ2) is 4.30. The van der Waals surface area contributed by atoms with Gasteiger partial charge in [0.25, 0.3) is 0 Å². The van der Waals surface area contributed by atoms with E-state index in [9.17, 15) is 4.79 Å². The molecule has 1 amide bonds. The number of hydrogen-bond donors (Lipinski definition) is 0. The van der Waals surface area contributed by atoms with E-state index in [0.29, 0.717) is 12.3 Å². The van der Waals surface area contributed by atoms with Crippen molar-refractivity contribution in [2.24, 2.45) is 0 Å². The van der Waals surface area contributed by atoms with Gasteiger partial charge in [0, 0.05) is 31.6 Å². The first kappa shape index (κ1) is 11.5. The Morgan fingerprint density at radius 2 is 1.93 bits per heavy atom. The Morgan fingerprint density at radius 1 is 1.36 bits per heavy atom. The largest absolute Gasteiger partial charge is 0.343 e. The molecule has 0 atom stereocenters. The molecule has 82 valence electrons. The second-order valence-corrected chi connectivity index (χ2v) is 5.08. The Balaban J connectivity index is 2.22. The Labute approximate surface area is 87.1 Å². The van der Waals surface area contributed by atoms with Gasteiger partial charge in [-0.05, 0) is 34.2 Å². The van der Waals surface area contributed by atoms with E-state index in [0.717, 1.165) is 19.6 Å². The molecule has 0 aliphatic carbocycles. The minimum absolute atomic E-state index is 0.162. The molecule has 1 saturated heterocycles. The highest BCUT2D eigenvalue weighted by molar-refractivity contribution is 5.77. The summed E-state index contributed by atoms with van der Waals surface area (Å²) in [5.74, 6) is 0.312. The first-order chi connectivity index (χ1) is 6.41. The zero-order chi connectivity index (χ0) is 10.8. The van der Waals surface area contributed by atoms with E-state index < -0.39 is 0 Å². The first-order valence-electron chi connectivity index (χ1n) is 5.40. The summed E-state index contributed by atoms with van der Waals surface area (Å²) >= 11 is 0. The number of carbonyl (C=O) groups is 1. The Hall–Kier alpha value is -0.570. The number of likely N-dealkylation sites (tertiary alicyclic amines) is 1. The summed E-state index contributed by atoms with van der Waals surface area (Å²) in [4.78, 5) is 15.7. The number of amides is 1. The average Bonchev–Trinajstić information content (AvgIpc) is 1.94. The minimum atomic E-state index is 0.162. The lowest BCUT2D eigenvalue weighted by Crippen LogP contribution is -2.45. The van der Waals surface area contributed by atoms with Crippen molar-refractivity contribution in [3.05, 3.63) is 0 Å². The third-order valence-electron chi connectivity index (χ3n) is 3.02. The maximum atomic E-state index is 11.6. The van der Waals surface area contributed by atoms with Gasteiger partial charge in [0.15, 0.2) is 0 Å². The summed E-state index contributed by atoms with van der Waals surface area (Å²) in [6.07, 6.45) is 1.84. The molecule has 0 aromatic heterocycles. The van der Waals surface area contributed by atoms with Crippen molar-refractivity contribution in [2.75, 3.05) is 26.7 Å². The fraction of sp³-hybridized carbons (Fsp3) is 0.909. The lowest BCUT2D eigenvalue weighted by molar-refractivity contribution is -0.135. The molecule has 0 aromatic rings. The highest BCUT2D eigenvalue weighted by Crippen LogP contribution is 2.12. The smallest absolute Gasteiger partial charge is 0.223 e. The standard InChI is InChI=1S/C11H22N2O/c1-11(2,3)12(4)9-6-10(14)13-7-5-8-13/h5-9H2,1-4H3. The van der Waals surface area contributed by atoms with Crippen molar-refractivity contribution < 1.29 is 4.79 Å². The van der Waals surface area contributed by atoms with E-state index in [1.54, 1.807) is 0 Å². The molecular weight excluding hydrogens is 176 g/mol. The third-order valence-corrected chi connectivity index (χ3v) is 3.02. The summed E-state index contributed by atoms with van der Waals surface area (Å²) in [5, 5.41) is 0. The van der Waals surface area contributed by atoms with Crippen molar-refractivity contribution >= 4 is 5.91 Å². The van der Waals surface area contributed by atoms with Crippen LogP contribution in [-0.2, 0) is 4.79 Å². The molecule has 1 aliphatic rings. The van der Waals surface area contributed by atoms with E-state index in [1.807, 2.05) is 4.90 Å². The highest BCUT2D eigenvalue weighted by Gasteiger charge is 2.22. The molecule has 0 unspecified atom stereocenters. The van der Waals surface area contributed by atoms with Crippen LogP contribution < -0.4 is 0 Å². The van der Waals surface area contributed by atoms with Crippen LogP contribution >= 0.6 is 0 Å². The zero-order valence-corrected chi connectivity index (χ0v) is 9.84. The van der Waals surface area contributed by atoms with Gasteiger partial charge in [-0.25, -0.2) is 0 Å². The van der Waals surface area contributed by atoms with Gasteiger partial charge in [0.1, 0.15) is 0 Å². The molecule has 3 heteroatoms. The van der Waals surface area contributed by atoms with Crippen LogP contribution in [0.15, 0.2) is 0 Å². The predicted molar refractivity (Wildman–Crippen MR) is 58.2 cm³/mol. The van der Waals surface area contributed by atoms with Crippen LogP contribution in [0.3, 0.4) is 0 Å². The topological polar surface area (TPSA) is 23.6 Å². The van der Waals surface area contributed by atoms with Crippen LogP contribution in [0.1, 0.15) is 33.6 Å². The van der Waals surface area contributed by atoms with Gasteiger partial charge in [-0.1, -0.05) is 0 Å². The first-order valence-corrected chi connectivity index (χ1v) is 5.40. The van der Waals surface area contributed by atoms with Crippen LogP contribution in [-0.4, -0.2) is 47.9 Å². The molecule has 0 radical (unpaired) electrons. The zero-order valence-electron chi connectivity index (χ0n) is 9.84. The molecular formula is C11H22N2O. The average molecular weight is 198 g/mol. The fourth-order valence-corrected chi connectivity index (χ4v) is 1.32. The third kappa shape index (κ3) is 2.98. The molecule has 0 bridgehead atoms. The number of carbonyl (C=O) groups excluding carboxylic acids is 1. The highest BCUT2D eigenvalue weighted by atomic mass is 16.2. The van der Waals surface area contributed by atoms with Crippen molar-refractivity contribution in [3.63, 3.8) is 0 Å². The number of nitrogens with zero attached hydrogens (tertiary/aromatic N) is 2. The normalized spacial score (nSPS) is 17.1. The fourth-order valence-electron chi connectivity index (χ4n) is 1.32. The molecule has 0 N–H and O–H groups in total. The Kier molecular flexibility index (Phi) is 3.53. The van der Waals surface area contributed by atoms with E-state index in [1.165, 1.54) is 6.42 Å². The van der Waals surface area contributed by atoms with Gasteiger partial charge in [-0.3, -0.25) is 4.79 Å². The van der Waals surface area contributed by atoms with E-state index in [4.69, 9.17) is 0 Å². The summed E-state index contributed by atoms with van der Waals surface area (Å²) in [5.41, 5.74) is 0.162. The van der Waals surface area contributed by atoms with Gasteiger partial charge < -0.3 is 9.80 Å². The van der Waals surface area contributed by atoms with Gasteiger partial charge in [-0.15, -0.1) is 0 Å². The molecule has 1 rings (SSSR count). The van der Waals surface area contributed by atoms with Crippen LogP contribution in [0.4, 0.5) is 0 Å². The maximum absolute atomic E-state index is 11.6. The van der Waals surface area contributed by atoms with Crippen LogP contribution in [0.2, 0.25) is 0 Å². The Morgan fingerprint density at radius 3 is 2.29 bits per heavy atom. The van der Waals surface area contributed by atoms with Crippen molar-refractivity contribution in [1.29, 1.82) is 0 Å². The monoisotopic (exact) mass is 198 g/mol.